The Hall–Kier alpha value is -2.68. The smallest absolute Gasteiger partial charge is 0.426 e. The van der Waals surface area contributed by atoms with E-state index in [9.17, 15) is 14.4 Å². The number of hydrogen-bond acceptors (Lipinski definition) is 5. The number of carbonyl (C=O) groups is 3. The van der Waals surface area contributed by atoms with Crippen molar-refractivity contribution in [2.45, 2.75) is 26.3 Å². The first-order valence-electron chi connectivity index (χ1n) is 7.90. The molecule has 0 radical (unpaired) electrons. The highest BCUT2D eigenvalue weighted by atomic mass is 32.1. The number of thiocarbonyl (C=S) groups is 1. The number of ether oxygens (including phenoxy) is 1. The molecular weight excluding hydrogens is 344 g/mol. The summed E-state index contributed by atoms with van der Waals surface area (Å²) in [4.78, 5) is 37.8. The third-order valence-electron chi connectivity index (χ3n) is 3.54. The van der Waals surface area contributed by atoms with Crippen molar-refractivity contribution in [1.82, 2.24) is 15.3 Å². The van der Waals surface area contributed by atoms with Crippen LogP contribution in [-0.4, -0.2) is 52.1 Å². The maximum atomic E-state index is 12.5. The lowest BCUT2D eigenvalue weighted by Crippen LogP contribution is -2.49. The van der Waals surface area contributed by atoms with Gasteiger partial charge in [-0.3, -0.25) is 14.5 Å². The van der Waals surface area contributed by atoms with Crippen molar-refractivity contribution in [3.8, 4) is 0 Å². The van der Waals surface area contributed by atoms with Crippen molar-refractivity contribution in [3.05, 3.63) is 30.3 Å². The molecule has 3 amide bonds. The molecule has 2 N–H and O–H groups in total. The van der Waals surface area contributed by atoms with Crippen LogP contribution in [0.5, 0.6) is 0 Å². The average molecular weight is 364 g/mol. The second-order valence-electron chi connectivity index (χ2n) is 5.20. The van der Waals surface area contributed by atoms with Gasteiger partial charge < -0.3 is 10.1 Å². The van der Waals surface area contributed by atoms with Crippen LogP contribution in [0, 0.1) is 0 Å². The normalized spacial score (nSPS) is 16.8. The van der Waals surface area contributed by atoms with Gasteiger partial charge in [-0.05, 0) is 38.2 Å². The Morgan fingerprint density at radius 2 is 1.92 bits per heavy atom. The second-order valence-corrected chi connectivity index (χ2v) is 5.57. The third kappa shape index (κ3) is 4.44. The maximum Gasteiger partial charge on any atom is 0.426 e. The largest absolute Gasteiger partial charge is 0.449 e. The lowest BCUT2D eigenvalue weighted by atomic mass is 10.2. The zero-order valence-electron chi connectivity index (χ0n) is 14.0. The number of para-hydroxylation sites is 1. The minimum absolute atomic E-state index is 0.137. The van der Waals surface area contributed by atoms with Gasteiger partial charge >= 0.3 is 6.09 Å². The molecule has 1 saturated heterocycles. The SMILES string of the molecule is CCOC(=O)NN1C(=S)N(CC)C(=O)C1CC(=O)Nc1ccccc1. The third-order valence-corrected chi connectivity index (χ3v) is 3.96. The molecule has 1 aliphatic rings. The topological polar surface area (TPSA) is 91.0 Å². The first kappa shape index (κ1) is 18.7. The summed E-state index contributed by atoms with van der Waals surface area (Å²) in [6.07, 6.45) is -0.888. The highest BCUT2D eigenvalue weighted by Gasteiger charge is 2.44. The maximum absolute atomic E-state index is 12.5. The molecule has 2 rings (SSSR count). The Balaban J connectivity index is 2.10. The predicted molar refractivity (Wildman–Crippen MR) is 95.5 cm³/mol. The van der Waals surface area contributed by atoms with Crippen LogP contribution in [0.2, 0.25) is 0 Å². The molecule has 9 heteroatoms. The molecule has 1 aromatic carbocycles. The van der Waals surface area contributed by atoms with Gasteiger partial charge in [-0.2, -0.15) is 0 Å². The van der Waals surface area contributed by atoms with Crippen LogP contribution in [0.1, 0.15) is 20.3 Å². The molecule has 0 aliphatic carbocycles. The molecule has 0 aromatic heterocycles. The van der Waals surface area contributed by atoms with Crippen molar-refractivity contribution in [1.29, 1.82) is 0 Å². The number of carbonyl (C=O) groups excluding carboxylic acids is 3. The van der Waals surface area contributed by atoms with E-state index in [1.807, 2.05) is 6.07 Å². The molecule has 1 atom stereocenters. The molecule has 0 bridgehead atoms. The molecule has 1 aliphatic heterocycles. The average Bonchev–Trinajstić information content (AvgIpc) is 2.79. The van der Waals surface area contributed by atoms with E-state index in [4.69, 9.17) is 17.0 Å². The fraction of sp³-hybridized carbons (Fsp3) is 0.375. The first-order chi connectivity index (χ1) is 12.0. The van der Waals surface area contributed by atoms with Gasteiger partial charge in [0.1, 0.15) is 6.04 Å². The quantitative estimate of drug-likeness (QED) is 0.744. The Labute approximate surface area is 151 Å². The summed E-state index contributed by atoms with van der Waals surface area (Å²) < 4.78 is 4.82. The number of benzene rings is 1. The second kappa shape index (κ2) is 8.43. The van der Waals surface area contributed by atoms with Crippen LogP contribution in [0.3, 0.4) is 0 Å². The summed E-state index contributed by atoms with van der Waals surface area (Å²) in [7, 11) is 0. The Bertz CT molecular complexity index is 667. The predicted octanol–water partition coefficient (Wildman–Crippen LogP) is 1.49. The van der Waals surface area contributed by atoms with Crippen molar-refractivity contribution in [2.75, 3.05) is 18.5 Å². The van der Waals surface area contributed by atoms with Crippen molar-refractivity contribution in [3.63, 3.8) is 0 Å². The van der Waals surface area contributed by atoms with Crippen LogP contribution in [0.4, 0.5) is 10.5 Å². The highest BCUT2D eigenvalue weighted by Crippen LogP contribution is 2.19. The van der Waals surface area contributed by atoms with E-state index in [0.29, 0.717) is 12.2 Å². The Kier molecular flexibility index (Phi) is 6.29. The number of nitrogens with zero attached hydrogens (tertiary/aromatic N) is 2. The molecule has 1 unspecified atom stereocenters. The highest BCUT2D eigenvalue weighted by molar-refractivity contribution is 7.80. The molecule has 0 spiro atoms. The van der Waals surface area contributed by atoms with E-state index in [-0.39, 0.29) is 30.0 Å². The van der Waals surface area contributed by atoms with Crippen molar-refractivity contribution < 1.29 is 19.1 Å². The number of hydrogen-bond donors (Lipinski definition) is 2. The molecular formula is C16H20N4O4S. The molecule has 0 saturated carbocycles. The van der Waals surface area contributed by atoms with E-state index in [0.717, 1.165) is 0 Å². The van der Waals surface area contributed by atoms with Gasteiger partial charge in [0.15, 0.2) is 5.11 Å². The molecule has 134 valence electrons. The Morgan fingerprint density at radius 3 is 2.52 bits per heavy atom. The van der Waals surface area contributed by atoms with E-state index in [2.05, 4.69) is 10.7 Å². The fourth-order valence-electron chi connectivity index (χ4n) is 2.41. The summed E-state index contributed by atoms with van der Waals surface area (Å²) >= 11 is 5.23. The summed E-state index contributed by atoms with van der Waals surface area (Å²) in [5, 5.41) is 4.06. The molecule has 1 heterocycles. The number of rotatable bonds is 6. The number of amides is 3. The zero-order valence-corrected chi connectivity index (χ0v) is 14.8. The lowest BCUT2D eigenvalue weighted by molar-refractivity contribution is -0.130. The minimum atomic E-state index is -0.916. The number of likely N-dealkylation sites (N-methyl/N-ethyl adjacent to an activating group) is 1. The van der Waals surface area contributed by atoms with Gasteiger partial charge in [-0.25, -0.2) is 15.2 Å². The first-order valence-corrected chi connectivity index (χ1v) is 8.31. The molecule has 1 aromatic rings. The number of anilines is 1. The standard InChI is InChI=1S/C16H20N4O4S/c1-3-19-14(22)12(20(16(19)25)18-15(23)24-4-2)10-13(21)17-11-8-6-5-7-9-11/h5-9,12H,3-4,10H2,1-2H3,(H,17,21)(H,18,23). The van der Waals surface area contributed by atoms with Gasteiger partial charge in [0.2, 0.25) is 5.91 Å². The van der Waals surface area contributed by atoms with Gasteiger partial charge in [-0.1, -0.05) is 18.2 Å². The van der Waals surface area contributed by atoms with Gasteiger partial charge in [0.05, 0.1) is 13.0 Å². The summed E-state index contributed by atoms with van der Waals surface area (Å²) in [5.41, 5.74) is 3.05. The van der Waals surface area contributed by atoms with Gasteiger partial charge in [0.25, 0.3) is 5.91 Å². The van der Waals surface area contributed by atoms with Gasteiger partial charge in [-0.15, -0.1) is 0 Å². The van der Waals surface area contributed by atoms with E-state index >= 15 is 0 Å². The number of hydrazine groups is 1. The minimum Gasteiger partial charge on any atom is -0.449 e. The fourth-order valence-corrected chi connectivity index (χ4v) is 2.81. The van der Waals surface area contributed by atoms with Crippen LogP contribution < -0.4 is 10.7 Å². The van der Waals surface area contributed by atoms with E-state index < -0.39 is 12.1 Å². The lowest BCUT2D eigenvalue weighted by Gasteiger charge is -2.23. The summed E-state index contributed by atoms with van der Waals surface area (Å²) in [5.74, 6) is -0.700. The molecule has 25 heavy (non-hydrogen) atoms. The van der Waals surface area contributed by atoms with Crippen LogP contribution >= 0.6 is 12.2 Å². The zero-order chi connectivity index (χ0) is 18.4. The van der Waals surface area contributed by atoms with Gasteiger partial charge in [0, 0.05) is 12.2 Å². The molecule has 8 nitrogen and oxygen atoms in total. The van der Waals surface area contributed by atoms with Crippen LogP contribution in [-0.2, 0) is 14.3 Å². The summed E-state index contributed by atoms with van der Waals surface area (Å²) in [6.45, 7) is 3.95. The van der Waals surface area contributed by atoms with E-state index in [1.54, 1.807) is 38.1 Å². The summed E-state index contributed by atoms with van der Waals surface area (Å²) in [6, 6.07) is 7.98. The van der Waals surface area contributed by atoms with Crippen molar-refractivity contribution in [2.24, 2.45) is 0 Å². The van der Waals surface area contributed by atoms with E-state index in [1.165, 1.54) is 9.91 Å². The Morgan fingerprint density at radius 1 is 1.24 bits per heavy atom. The monoisotopic (exact) mass is 364 g/mol. The van der Waals surface area contributed by atoms with Crippen LogP contribution in [0.25, 0.3) is 0 Å². The number of nitrogens with one attached hydrogen (secondary N) is 2. The van der Waals surface area contributed by atoms with Crippen LogP contribution in [0.15, 0.2) is 30.3 Å². The van der Waals surface area contributed by atoms with Crippen molar-refractivity contribution >= 4 is 40.9 Å². The molecule has 1 fully saturated rings.